The fourth-order valence-corrected chi connectivity index (χ4v) is 3.33. The van der Waals surface area contributed by atoms with Gasteiger partial charge in [0.25, 0.3) is 0 Å². The molecule has 0 heterocycles. The molecule has 120 valence electrons. The van der Waals surface area contributed by atoms with E-state index in [0.29, 0.717) is 17.5 Å². The zero-order chi connectivity index (χ0) is 16.8. The van der Waals surface area contributed by atoms with Crippen LogP contribution in [0.15, 0.2) is 58.3 Å². The molecular weight excluding hydrogens is 312 g/mol. The summed E-state index contributed by atoms with van der Waals surface area (Å²) in [6.45, 7) is 1.81. The van der Waals surface area contributed by atoms with Gasteiger partial charge in [0.1, 0.15) is 0 Å². The van der Waals surface area contributed by atoms with Crippen LogP contribution in [0.3, 0.4) is 0 Å². The molecule has 0 fully saturated rings. The van der Waals surface area contributed by atoms with Crippen molar-refractivity contribution < 1.29 is 19.8 Å². The highest BCUT2D eigenvalue weighted by Gasteiger charge is 2.19. The monoisotopic (exact) mass is 330 g/mol. The molecule has 0 aliphatic heterocycles. The van der Waals surface area contributed by atoms with Crippen molar-refractivity contribution in [2.24, 2.45) is 0 Å². The van der Waals surface area contributed by atoms with Crippen molar-refractivity contribution >= 4 is 23.7 Å². The third-order valence-corrected chi connectivity index (χ3v) is 4.63. The van der Waals surface area contributed by atoms with E-state index in [0.717, 1.165) is 9.79 Å². The summed E-state index contributed by atoms with van der Waals surface area (Å²) in [6.07, 6.45) is 0.339. The largest absolute Gasteiger partial charge is 0.481 e. The van der Waals surface area contributed by atoms with E-state index in [2.05, 4.69) is 0 Å². The number of benzene rings is 2. The zero-order valence-electron chi connectivity index (χ0n) is 12.7. The van der Waals surface area contributed by atoms with Gasteiger partial charge in [-0.25, -0.2) is 0 Å². The van der Waals surface area contributed by atoms with Crippen LogP contribution >= 0.6 is 11.8 Å². The molecule has 0 saturated carbocycles. The van der Waals surface area contributed by atoms with E-state index in [1.54, 1.807) is 12.1 Å². The molecule has 2 aromatic rings. The van der Waals surface area contributed by atoms with Crippen LogP contribution in [0.5, 0.6) is 0 Å². The number of carboxylic acid groups (broad SMARTS) is 2. The second kappa shape index (κ2) is 7.83. The Morgan fingerprint density at radius 2 is 1.78 bits per heavy atom. The number of rotatable bonds is 7. The Balaban J connectivity index is 2.38. The second-order valence-electron chi connectivity index (χ2n) is 5.15. The Morgan fingerprint density at radius 3 is 2.35 bits per heavy atom. The molecule has 0 aromatic heterocycles. The molecule has 23 heavy (non-hydrogen) atoms. The lowest BCUT2D eigenvalue weighted by Gasteiger charge is -2.14. The summed E-state index contributed by atoms with van der Waals surface area (Å²) in [5.74, 6) is -2.43. The lowest BCUT2D eigenvalue weighted by atomic mass is 9.94. The summed E-state index contributed by atoms with van der Waals surface area (Å²) in [4.78, 5) is 24.3. The van der Waals surface area contributed by atoms with Crippen molar-refractivity contribution in [1.29, 1.82) is 0 Å². The summed E-state index contributed by atoms with van der Waals surface area (Å²) in [7, 11) is 0. The van der Waals surface area contributed by atoms with Crippen LogP contribution in [0.2, 0.25) is 0 Å². The Bertz CT molecular complexity index is 697. The summed E-state index contributed by atoms with van der Waals surface area (Å²) in [6, 6.07) is 15.0. The molecule has 0 amide bonds. The van der Waals surface area contributed by atoms with E-state index in [4.69, 9.17) is 5.11 Å². The number of carboxylic acids is 2. The molecule has 2 rings (SSSR count). The lowest BCUT2D eigenvalue weighted by Crippen LogP contribution is -2.11. The van der Waals surface area contributed by atoms with Crippen molar-refractivity contribution in [2.75, 3.05) is 0 Å². The normalized spacial score (nSPS) is 11.9. The van der Waals surface area contributed by atoms with Gasteiger partial charge in [0, 0.05) is 9.79 Å². The first-order valence-corrected chi connectivity index (χ1v) is 8.13. The van der Waals surface area contributed by atoms with Crippen LogP contribution in [0.25, 0.3) is 0 Å². The second-order valence-corrected chi connectivity index (χ2v) is 6.27. The molecule has 0 aliphatic rings. The Hall–Kier alpha value is -2.27. The van der Waals surface area contributed by atoms with E-state index >= 15 is 0 Å². The fourth-order valence-electron chi connectivity index (χ4n) is 2.39. The van der Waals surface area contributed by atoms with Gasteiger partial charge >= 0.3 is 11.9 Å². The van der Waals surface area contributed by atoms with Crippen molar-refractivity contribution in [1.82, 2.24) is 0 Å². The molecule has 0 radical (unpaired) electrons. The molecule has 4 nitrogen and oxygen atoms in total. The average molecular weight is 330 g/mol. The van der Waals surface area contributed by atoms with Gasteiger partial charge in [-0.2, -0.15) is 0 Å². The van der Waals surface area contributed by atoms with Crippen LogP contribution in [-0.4, -0.2) is 22.2 Å². The van der Waals surface area contributed by atoms with E-state index in [9.17, 15) is 14.7 Å². The van der Waals surface area contributed by atoms with E-state index in [-0.39, 0.29) is 6.42 Å². The van der Waals surface area contributed by atoms with Crippen molar-refractivity contribution in [3.05, 3.63) is 59.7 Å². The summed E-state index contributed by atoms with van der Waals surface area (Å²) < 4.78 is 0. The van der Waals surface area contributed by atoms with Crippen molar-refractivity contribution in [3.63, 3.8) is 0 Å². The molecule has 0 aliphatic carbocycles. The average Bonchev–Trinajstić information content (AvgIpc) is 2.50. The Kier molecular flexibility index (Phi) is 5.82. The molecule has 2 aromatic carbocycles. The van der Waals surface area contributed by atoms with Gasteiger partial charge in [-0.05, 0) is 35.7 Å². The van der Waals surface area contributed by atoms with Gasteiger partial charge in [0.15, 0.2) is 0 Å². The van der Waals surface area contributed by atoms with Crippen LogP contribution in [0.4, 0.5) is 0 Å². The van der Waals surface area contributed by atoms with Crippen molar-refractivity contribution in [3.8, 4) is 0 Å². The van der Waals surface area contributed by atoms with Gasteiger partial charge < -0.3 is 10.2 Å². The molecule has 1 unspecified atom stereocenters. The summed E-state index contributed by atoms with van der Waals surface area (Å²) in [5.41, 5.74) is 1.29. The number of hydrogen-bond acceptors (Lipinski definition) is 3. The third-order valence-electron chi connectivity index (χ3n) is 3.51. The first-order chi connectivity index (χ1) is 11.0. The standard InChI is InChI=1S/C18H18O4S/c1-2-15(18(21)22)12-8-9-16(13(10-12)11-17(19)20)23-14-6-4-3-5-7-14/h3-10,15H,2,11H2,1H3,(H,19,20)(H,21,22). The summed E-state index contributed by atoms with van der Waals surface area (Å²) >= 11 is 1.48. The highest BCUT2D eigenvalue weighted by molar-refractivity contribution is 7.99. The maximum absolute atomic E-state index is 11.3. The Labute approximate surface area is 139 Å². The predicted octanol–water partition coefficient (Wildman–Crippen LogP) is 4.04. The SMILES string of the molecule is CCC(C(=O)O)c1ccc(Sc2ccccc2)c(CC(=O)O)c1. The molecule has 2 N–H and O–H groups in total. The van der Waals surface area contributed by atoms with E-state index in [1.807, 2.05) is 43.3 Å². The first kappa shape index (κ1) is 17.1. The molecule has 0 spiro atoms. The van der Waals surface area contributed by atoms with Gasteiger partial charge in [-0.3, -0.25) is 9.59 Å². The van der Waals surface area contributed by atoms with Gasteiger partial charge in [0.05, 0.1) is 12.3 Å². The highest BCUT2D eigenvalue weighted by atomic mass is 32.2. The van der Waals surface area contributed by atoms with E-state index < -0.39 is 17.9 Å². The molecular formula is C18H18O4S. The molecule has 0 saturated heterocycles. The quantitative estimate of drug-likeness (QED) is 0.801. The zero-order valence-corrected chi connectivity index (χ0v) is 13.5. The topological polar surface area (TPSA) is 74.6 Å². The maximum atomic E-state index is 11.3. The number of carbonyl (C=O) groups is 2. The van der Waals surface area contributed by atoms with Gasteiger partial charge in [0.2, 0.25) is 0 Å². The minimum absolute atomic E-state index is 0.126. The van der Waals surface area contributed by atoms with Crippen LogP contribution < -0.4 is 0 Å². The third kappa shape index (κ3) is 4.60. The van der Waals surface area contributed by atoms with Crippen LogP contribution in [-0.2, 0) is 16.0 Å². The minimum Gasteiger partial charge on any atom is -0.481 e. The molecule has 0 bridgehead atoms. The first-order valence-electron chi connectivity index (χ1n) is 7.31. The van der Waals surface area contributed by atoms with Gasteiger partial charge in [-0.15, -0.1) is 0 Å². The predicted molar refractivity (Wildman–Crippen MR) is 89.0 cm³/mol. The highest BCUT2D eigenvalue weighted by Crippen LogP contribution is 2.33. The lowest BCUT2D eigenvalue weighted by molar-refractivity contribution is -0.139. The molecule has 5 heteroatoms. The minimum atomic E-state index is -0.930. The number of hydrogen-bond donors (Lipinski definition) is 2. The van der Waals surface area contributed by atoms with E-state index in [1.165, 1.54) is 11.8 Å². The van der Waals surface area contributed by atoms with Crippen LogP contribution in [0.1, 0.15) is 30.4 Å². The van der Waals surface area contributed by atoms with Crippen LogP contribution in [0, 0.1) is 0 Å². The smallest absolute Gasteiger partial charge is 0.310 e. The fraction of sp³-hybridized carbons (Fsp3) is 0.222. The molecule has 1 atom stereocenters. The van der Waals surface area contributed by atoms with Gasteiger partial charge in [-0.1, -0.05) is 49.0 Å². The summed E-state index contributed by atoms with van der Waals surface area (Å²) in [5, 5.41) is 18.4. The number of aliphatic carboxylic acids is 2. The maximum Gasteiger partial charge on any atom is 0.310 e. The van der Waals surface area contributed by atoms with Crippen molar-refractivity contribution in [2.45, 2.75) is 35.5 Å². The Morgan fingerprint density at radius 1 is 1.09 bits per heavy atom.